The van der Waals surface area contributed by atoms with Crippen molar-refractivity contribution in [3.63, 3.8) is 0 Å². The summed E-state index contributed by atoms with van der Waals surface area (Å²) in [7, 11) is 1.52. The van der Waals surface area contributed by atoms with Gasteiger partial charge in [0.05, 0.1) is 13.7 Å². The number of benzene rings is 1. The third-order valence-electron chi connectivity index (χ3n) is 1.80. The van der Waals surface area contributed by atoms with Crippen molar-refractivity contribution in [2.45, 2.75) is 6.10 Å². The normalized spacial score (nSPS) is 12.6. The predicted octanol–water partition coefficient (Wildman–Crippen LogP) is 1.27. The van der Waals surface area contributed by atoms with E-state index in [-0.39, 0.29) is 6.61 Å². The lowest BCUT2D eigenvalue weighted by atomic mass is 10.1. The number of aliphatic hydroxyl groups is 1. The van der Waals surface area contributed by atoms with Gasteiger partial charge in [0, 0.05) is 10.6 Å². The van der Waals surface area contributed by atoms with E-state index in [1.165, 1.54) is 7.11 Å². The molecule has 5 heteroatoms. The summed E-state index contributed by atoms with van der Waals surface area (Å²) in [6.07, 6.45) is -0.839. The van der Waals surface area contributed by atoms with Crippen LogP contribution in [0.1, 0.15) is 11.7 Å². The van der Waals surface area contributed by atoms with Crippen molar-refractivity contribution >= 4 is 11.6 Å². The fraction of sp³-hybridized carbons (Fsp3) is 0.333. The van der Waals surface area contributed by atoms with Crippen molar-refractivity contribution in [3.05, 3.63) is 28.8 Å². The molecule has 0 saturated carbocycles. The molecule has 0 radical (unpaired) electrons. The number of hydrogen-bond donors (Lipinski definition) is 2. The average molecular weight is 218 g/mol. The number of aliphatic hydroxyl groups excluding tert-OH is 1. The first-order chi connectivity index (χ1) is 6.69. The topological polar surface area (TPSA) is 64.7 Å². The molecule has 0 aliphatic carbocycles. The maximum Gasteiger partial charge on any atom is 0.124 e. The lowest BCUT2D eigenvalue weighted by Crippen LogP contribution is -2.11. The minimum Gasteiger partial charge on any atom is -0.496 e. The molecule has 1 rings (SSSR count). The maximum atomic E-state index is 9.61. The van der Waals surface area contributed by atoms with Crippen molar-refractivity contribution in [2.24, 2.45) is 5.90 Å². The molecule has 14 heavy (non-hydrogen) atoms. The summed E-state index contributed by atoms with van der Waals surface area (Å²) in [5.41, 5.74) is 0.561. The van der Waals surface area contributed by atoms with Crippen LogP contribution in [-0.2, 0) is 4.84 Å². The number of hydrogen-bond acceptors (Lipinski definition) is 4. The smallest absolute Gasteiger partial charge is 0.124 e. The van der Waals surface area contributed by atoms with Gasteiger partial charge in [-0.1, -0.05) is 11.6 Å². The van der Waals surface area contributed by atoms with Gasteiger partial charge in [-0.05, 0) is 18.2 Å². The first-order valence-corrected chi connectivity index (χ1v) is 4.40. The van der Waals surface area contributed by atoms with Crippen LogP contribution in [0.3, 0.4) is 0 Å². The van der Waals surface area contributed by atoms with Crippen LogP contribution in [-0.4, -0.2) is 18.8 Å². The molecule has 0 bridgehead atoms. The van der Waals surface area contributed by atoms with E-state index >= 15 is 0 Å². The third kappa shape index (κ3) is 2.59. The highest BCUT2D eigenvalue weighted by Crippen LogP contribution is 2.28. The van der Waals surface area contributed by atoms with E-state index < -0.39 is 6.10 Å². The zero-order valence-electron chi connectivity index (χ0n) is 7.74. The van der Waals surface area contributed by atoms with Crippen LogP contribution >= 0.6 is 11.6 Å². The molecule has 0 fully saturated rings. The Labute approximate surface area is 87.1 Å². The fourth-order valence-electron chi connectivity index (χ4n) is 1.15. The molecule has 0 spiro atoms. The van der Waals surface area contributed by atoms with Gasteiger partial charge < -0.3 is 14.7 Å². The molecule has 1 unspecified atom stereocenters. The second kappa shape index (κ2) is 5.17. The van der Waals surface area contributed by atoms with E-state index in [0.29, 0.717) is 16.3 Å². The van der Waals surface area contributed by atoms with Crippen LogP contribution in [0, 0.1) is 0 Å². The zero-order chi connectivity index (χ0) is 10.6. The van der Waals surface area contributed by atoms with E-state index in [2.05, 4.69) is 4.84 Å². The highest BCUT2D eigenvalue weighted by atomic mass is 35.5. The lowest BCUT2D eigenvalue weighted by molar-refractivity contribution is 0.0347. The Morgan fingerprint density at radius 3 is 2.86 bits per heavy atom. The van der Waals surface area contributed by atoms with Crippen LogP contribution < -0.4 is 10.6 Å². The zero-order valence-corrected chi connectivity index (χ0v) is 8.49. The minimum absolute atomic E-state index is 0.00327. The van der Waals surface area contributed by atoms with Gasteiger partial charge >= 0.3 is 0 Å². The quantitative estimate of drug-likeness (QED) is 0.746. The Kier molecular flexibility index (Phi) is 4.16. The van der Waals surface area contributed by atoms with Crippen LogP contribution in [0.2, 0.25) is 5.02 Å². The lowest BCUT2D eigenvalue weighted by Gasteiger charge is -2.13. The van der Waals surface area contributed by atoms with E-state index in [1.54, 1.807) is 18.2 Å². The van der Waals surface area contributed by atoms with Crippen LogP contribution in [0.4, 0.5) is 0 Å². The second-order valence-electron chi connectivity index (χ2n) is 2.74. The van der Waals surface area contributed by atoms with Gasteiger partial charge in [-0.2, -0.15) is 0 Å². The Morgan fingerprint density at radius 2 is 2.29 bits per heavy atom. The summed E-state index contributed by atoms with van der Waals surface area (Å²) in [5, 5.41) is 10.1. The summed E-state index contributed by atoms with van der Waals surface area (Å²) in [6, 6.07) is 4.97. The molecule has 0 aliphatic rings. The molecule has 1 aromatic carbocycles. The molecular weight excluding hydrogens is 206 g/mol. The molecule has 0 saturated heterocycles. The van der Waals surface area contributed by atoms with Crippen molar-refractivity contribution in [1.29, 1.82) is 0 Å². The Bertz CT molecular complexity index is 306. The predicted molar refractivity (Wildman–Crippen MR) is 53.1 cm³/mol. The molecule has 0 aromatic heterocycles. The van der Waals surface area contributed by atoms with Gasteiger partial charge in [-0.3, -0.25) is 0 Å². The van der Waals surface area contributed by atoms with Gasteiger partial charge in [0.1, 0.15) is 11.9 Å². The minimum atomic E-state index is -0.839. The number of rotatable bonds is 4. The van der Waals surface area contributed by atoms with E-state index in [0.717, 1.165) is 0 Å². The number of methoxy groups -OCH3 is 1. The highest BCUT2D eigenvalue weighted by molar-refractivity contribution is 6.30. The molecule has 78 valence electrons. The molecule has 3 N–H and O–H groups in total. The van der Waals surface area contributed by atoms with Crippen molar-refractivity contribution in [1.82, 2.24) is 0 Å². The fourth-order valence-corrected chi connectivity index (χ4v) is 1.33. The molecule has 0 aliphatic heterocycles. The molecule has 0 amide bonds. The first kappa shape index (κ1) is 11.3. The van der Waals surface area contributed by atoms with Crippen molar-refractivity contribution in [3.8, 4) is 5.75 Å². The molecule has 1 aromatic rings. The summed E-state index contributed by atoms with van der Waals surface area (Å²) in [4.78, 5) is 4.35. The number of ether oxygens (including phenoxy) is 1. The summed E-state index contributed by atoms with van der Waals surface area (Å²) >= 11 is 5.78. The molecule has 1 atom stereocenters. The van der Waals surface area contributed by atoms with Gasteiger partial charge in [0.15, 0.2) is 0 Å². The Morgan fingerprint density at radius 1 is 1.57 bits per heavy atom. The van der Waals surface area contributed by atoms with Gasteiger partial charge in [-0.25, -0.2) is 5.90 Å². The van der Waals surface area contributed by atoms with Crippen molar-refractivity contribution < 1.29 is 14.7 Å². The van der Waals surface area contributed by atoms with Crippen LogP contribution in [0.25, 0.3) is 0 Å². The standard InChI is InChI=1S/C9H12ClNO3/c1-13-9-3-2-6(10)4-7(9)8(12)5-14-11/h2-4,8,12H,5,11H2,1H3. The third-order valence-corrected chi connectivity index (χ3v) is 2.04. The molecular formula is C9H12ClNO3. The maximum absolute atomic E-state index is 9.61. The van der Waals surface area contributed by atoms with Crippen molar-refractivity contribution in [2.75, 3.05) is 13.7 Å². The van der Waals surface area contributed by atoms with E-state index in [4.69, 9.17) is 22.2 Å². The molecule has 4 nitrogen and oxygen atoms in total. The Hall–Kier alpha value is -0.810. The monoisotopic (exact) mass is 217 g/mol. The van der Waals surface area contributed by atoms with E-state index in [9.17, 15) is 5.11 Å². The summed E-state index contributed by atoms with van der Waals surface area (Å²) in [6.45, 7) is -0.00327. The highest BCUT2D eigenvalue weighted by Gasteiger charge is 2.13. The SMILES string of the molecule is COc1ccc(Cl)cc1C(O)CON. The summed E-state index contributed by atoms with van der Waals surface area (Å²) < 4.78 is 5.05. The van der Waals surface area contributed by atoms with E-state index in [1.807, 2.05) is 0 Å². The first-order valence-electron chi connectivity index (χ1n) is 4.02. The average Bonchev–Trinajstić information content (AvgIpc) is 2.18. The largest absolute Gasteiger partial charge is 0.496 e. The van der Waals surface area contributed by atoms with Crippen LogP contribution in [0.15, 0.2) is 18.2 Å². The Balaban J connectivity index is 2.97. The second-order valence-corrected chi connectivity index (χ2v) is 3.17. The van der Waals surface area contributed by atoms with Gasteiger partial charge in [0.2, 0.25) is 0 Å². The van der Waals surface area contributed by atoms with Gasteiger partial charge in [0.25, 0.3) is 0 Å². The number of nitrogens with two attached hydrogens (primary N) is 1. The number of halogens is 1. The van der Waals surface area contributed by atoms with Crippen LogP contribution in [0.5, 0.6) is 5.75 Å². The summed E-state index contributed by atoms with van der Waals surface area (Å²) in [5.74, 6) is 5.42. The molecule has 0 heterocycles. The van der Waals surface area contributed by atoms with Gasteiger partial charge in [-0.15, -0.1) is 0 Å².